The first-order valence-electron chi connectivity index (χ1n) is 9.84. The van der Waals surface area contributed by atoms with Crippen LogP contribution in [0.15, 0.2) is 0 Å². The summed E-state index contributed by atoms with van der Waals surface area (Å²) in [4.78, 5) is 0. The van der Waals surface area contributed by atoms with Crippen LogP contribution < -0.4 is 0 Å². The van der Waals surface area contributed by atoms with Crippen LogP contribution in [0.1, 0.15) is 117 Å². The molecule has 0 unspecified atom stereocenters. The molecule has 0 N–H and O–H groups in total. The van der Waals surface area contributed by atoms with Gasteiger partial charge in [0.15, 0.2) is 5.05 Å². The van der Waals surface area contributed by atoms with E-state index >= 15 is 0 Å². The van der Waals surface area contributed by atoms with Crippen molar-refractivity contribution in [3.8, 4) is 0 Å². The van der Waals surface area contributed by atoms with Crippen LogP contribution in [0.5, 0.6) is 0 Å². The van der Waals surface area contributed by atoms with Gasteiger partial charge in [0.2, 0.25) is 0 Å². The smallest absolute Gasteiger partial charge is 0.156 e. The Kier molecular flexibility index (Phi) is 17.2. The lowest BCUT2D eigenvalue weighted by Gasteiger charge is -2.12. The van der Waals surface area contributed by atoms with E-state index in [1.165, 1.54) is 89.9 Å². The van der Waals surface area contributed by atoms with Crippen molar-refractivity contribution >= 4 is 17.3 Å². The molecule has 0 aliphatic carbocycles. The average Bonchev–Trinajstić information content (AvgIpc) is 2.47. The fraction of sp³-hybridized carbons (Fsp3) is 0.950. The average molecular weight is 329 g/mol. The molecular weight excluding hydrogens is 288 g/mol. The molecule has 0 saturated carbocycles. The van der Waals surface area contributed by atoms with E-state index in [0.717, 1.165) is 6.42 Å². The van der Waals surface area contributed by atoms with Crippen LogP contribution in [0, 0.1) is 0 Å². The lowest BCUT2D eigenvalue weighted by Crippen LogP contribution is -2.10. The minimum Gasteiger partial charge on any atom is -0.485 e. The predicted molar refractivity (Wildman–Crippen MR) is 104 cm³/mol. The van der Waals surface area contributed by atoms with E-state index < -0.39 is 0 Å². The molecule has 0 aliphatic heterocycles. The maximum Gasteiger partial charge on any atom is 0.156 e. The predicted octanol–water partition coefficient (Wildman–Crippen LogP) is 7.61. The first-order valence-corrected chi connectivity index (χ1v) is 10.2. The molecule has 0 saturated heterocycles. The van der Waals surface area contributed by atoms with Crippen LogP contribution in [-0.2, 0) is 4.74 Å². The van der Waals surface area contributed by atoms with Crippen molar-refractivity contribution in [1.29, 1.82) is 0 Å². The third-order valence-corrected chi connectivity index (χ3v) is 4.43. The number of rotatable bonds is 16. The summed E-state index contributed by atoms with van der Waals surface area (Å²) in [6.07, 6.45) is 21.3. The first kappa shape index (κ1) is 21.9. The Bertz CT molecular complexity index is 240. The molecule has 2 heteroatoms. The molecule has 132 valence electrons. The second-order valence-electron chi connectivity index (χ2n) is 6.80. The van der Waals surface area contributed by atoms with Crippen LogP contribution in [0.2, 0.25) is 0 Å². The fourth-order valence-electron chi connectivity index (χ4n) is 2.97. The van der Waals surface area contributed by atoms with Crippen molar-refractivity contribution < 1.29 is 4.74 Å². The Hall–Kier alpha value is -0.110. The molecule has 0 fully saturated rings. The highest BCUT2D eigenvalue weighted by Crippen LogP contribution is 2.14. The van der Waals surface area contributed by atoms with Crippen LogP contribution >= 0.6 is 12.2 Å². The van der Waals surface area contributed by atoms with Crippen molar-refractivity contribution in [2.45, 2.75) is 123 Å². The van der Waals surface area contributed by atoms with E-state index in [4.69, 9.17) is 17.0 Å². The molecule has 0 aliphatic rings. The topological polar surface area (TPSA) is 9.23 Å². The molecule has 0 heterocycles. The van der Waals surface area contributed by atoms with Gasteiger partial charge in [0.25, 0.3) is 0 Å². The molecule has 1 nitrogen and oxygen atoms in total. The Balaban J connectivity index is 3.07. The Labute approximate surface area is 145 Å². The standard InChI is InChI=1S/C20H40OS/c1-4-5-6-7-8-9-10-11-12-13-14-15-16-17-18-19(2)21-20(3)22/h19H,4-18H2,1-3H3/t19-/m1/s1. The van der Waals surface area contributed by atoms with Crippen LogP contribution in [0.4, 0.5) is 0 Å². The molecule has 0 aromatic heterocycles. The molecule has 0 amide bonds. The summed E-state index contributed by atoms with van der Waals surface area (Å²) in [5, 5.41) is 0.679. The van der Waals surface area contributed by atoms with E-state index in [2.05, 4.69) is 13.8 Å². The molecule has 0 aromatic carbocycles. The van der Waals surface area contributed by atoms with Gasteiger partial charge in [0.05, 0.1) is 6.10 Å². The van der Waals surface area contributed by atoms with Gasteiger partial charge in [-0.15, -0.1) is 0 Å². The van der Waals surface area contributed by atoms with Gasteiger partial charge < -0.3 is 4.74 Å². The second kappa shape index (κ2) is 17.2. The molecule has 0 rings (SSSR count). The molecular formula is C20H40OS. The van der Waals surface area contributed by atoms with Crippen molar-refractivity contribution in [2.24, 2.45) is 0 Å². The van der Waals surface area contributed by atoms with Gasteiger partial charge in [-0.3, -0.25) is 0 Å². The van der Waals surface area contributed by atoms with E-state index in [-0.39, 0.29) is 0 Å². The highest BCUT2D eigenvalue weighted by Gasteiger charge is 2.02. The van der Waals surface area contributed by atoms with Crippen LogP contribution in [0.3, 0.4) is 0 Å². The van der Waals surface area contributed by atoms with Crippen LogP contribution in [-0.4, -0.2) is 11.2 Å². The number of hydrogen-bond acceptors (Lipinski definition) is 2. The third kappa shape index (κ3) is 17.9. The molecule has 0 bridgehead atoms. The van der Waals surface area contributed by atoms with Crippen molar-refractivity contribution in [3.63, 3.8) is 0 Å². The fourth-order valence-corrected chi connectivity index (χ4v) is 3.13. The lowest BCUT2D eigenvalue weighted by atomic mass is 10.0. The molecule has 1 atom stereocenters. The second-order valence-corrected chi connectivity index (χ2v) is 7.38. The summed E-state index contributed by atoms with van der Waals surface area (Å²) in [7, 11) is 0. The molecule has 0 radical (unpaired) electrons. The van der Waals surface area contributed by atoms with E-state index in [0.29, 0.717) is 11.2 Å². The van der Waals surface area contributed by atoms with Crippen molar-refractivity contribution in [1.82, 2.24) is 0 Å². The zero-order valence-corrected chi connectivity index (χ0v) is 16.3. The highest BCUT2D eigenvalue weighted by molar-refractivity contribution is 7.80. The van der Waals surface area contributed by atoms with Gasteiger partial charge in [0, 0.05) is 6.92 Å². The number of ether oxygens (including phenoxy) is 1. The largest absolute Gasteiger partial charge is 0.485 e. The Morgan fingerprint density at radius 3 is 1.45 bits per heavy atom. The molecule has 0 aromatic rings. The minimum atomic E-state index is 0.301. The number of hydrogen-bond donors (Lipinski definition) is 0. The quantitative estimate of drug-likeness (QED) is 0.213. The highest BCUT2D eigenvalue weighted by atomic mass is 32.1. The maximum absolute atomic E-state index is 5.50. The van der Waals surface area contributed by atoms with Gasteiger partial charge in [-0.2, -0.15) is 0 Å². The van der Waals surface area contributed by atoms with E-state index in [9.17, 15) is 0 Å². The summed E-state index contributed by atoms with van der Waals surface area (Å²) in [5.41, 5.74) is 0. The van der Waals surface area contributed by atoms with Crippen LogP contribution in [0.25, 0.3) is 0 Å². The Morgan fingerprint density at radius 1 is 0.727 bits per heavy atom. The zero-order chi connectivity index (χ0) is 16.5. The van der Waals surface area contributed by atoms with Gasteiger partial charge in [-0.05, 0) is 32.0 Å². The summed E-state index contributed by atoms with van der Waals surface area (Å²) >= 11 is 4.96. The third-order valence-electron chi connectivity index (χ3n) is 4.33. The summed E-state index contributed by atoms with van der Waals surface area (Å²) in [6, 6.07) is 0. The molecule has 0 spiro atoms. The Morgan fingerprint density at radius 2 is 1.09 bits per heavy atom. The summed E-state index contributed by atoms with van der Waals surface area (Å²) in [5.74, 6) is 0. The SMILES string of the molecule is CCCCCCCCCCCCCCCC[C@@H](C)OC(C)=S. The van der Waals surface area contributed by atoms with Gasteiger partial charge >= 0.3 is 0 Å². The van der Waals surface area contributed by atoms with E-state index in [1.54, 1.807) is 0 Å². The summed E-state index contributed by atoms with van der Waals surface area (Å²) in [6.45, 7) is 6.27. The number of unbranched alkanes of at least 4 members (excludes halogenated alkanes) is 13. The summed E-state index contributed by atoms with van der Waals surface area (Å²) < 4.78 is 5.50. The van der Waals surface area contributed by atoms with Crippen molar-refractivity contribution in [2.75, 3.05) is 0 Å². The zero-order valence-electron chi connectivity index (χ0n) is 15.5. The lowest BCUT2D eigenvalue weighted by molar-refractivity contribution is 0.197. The molecule has 22 heavy (non-hydrogen) atoms. The maximum atomic E-state index is 5.50. The van der Waals surface area contributed by atoms with Crippen molar-refractivity contribution in [3.05, 3.63) is 0 Å². The first-order chi connectivity index (χ1) is 10.7. The normalized spacial score (nSPS) is 12.3. The van der Waals surface area contributed by atoms with Gasteiger partial charge in [0.1, 0.15) is 0 Å². The minimum absolute atomic E-state index is 0.301. The van der Waals surface area contributed by atoms with Gasteiger partial charge in [-0.25, -0.2) is 0 Å². The monoisotopic (exact) mass is 328 g/mol. The number of thiocarbonyl (C=S) groups is 1. The van der Waals surface area contributed by atoms with E-state index in [1.807, 2.05) is 6.92 Å². The van der Waals surface area contributed by atoms with Gasteiger partial charge in [-0.1, -0.05) is 90.4 Å².